The van der Waals surface area contributed by atoms with Crippen molar-refractivity contribution in [2.45, 2.75) is 6.54 Å². The minimum absolute atomic E-state index is 0.157. The van der Waals surface area contributed by atoms with Crippen LogP contribution >= 0.6 is 0 Å². The van der Waals surface area contributed by atoms with Gasteiger partial charge in [-0.2, -0.15) is 4.98 Å². The first-order chi connectivity index (χ1) is 13.2. The number of pyridine rings is 1. The number of imidazole rings is 1. The number of nitrogens with zero attached hydrogens (tertiary/aromatic N) is 5. The van der Waals surface area contributed by atoms with Crippen LogP contribution in [0.25, 0.3) is 22.4 Å². The van der Waals surface area contributed by atoms with Crippen LogP contribution in [0.3, 0.4) is 0 Å². The molecule has 1 amide bonds. The summed E-state index contributed by atoms with van der Waals surface area (Å²) >= 11 is 0. The van der Waals surface area contributed by atoms with Crippen molar-refractivity contribution in [3.63, 3.8) is 0 Å². The molecule has 0 aliphatic carbocycles. The highest BCUT2D eigenvalue weighted by molar-refractivity contribution is 5.92. The summed E-state index contributed by atoms with van der Waals surface area (Å²) in [5.74, 6) is 1.16. The number of carbonyl (C=O) groups excluding carboxylic acids is 1. The number of hydrogen-bond donors (Lipinski definition) is 2. The minimum atomic E-state index is -0.189. The average molecular weight is 363 g/mol. The summed E-state index contributed by atoms with van der Waals surface area (Å²) < 4.78 is 5.26. The van der Waals surface area contributed by atoms with E-state index in [1.807, 2.05) is 24.3 Å². The van der Waals surface area contributed by atoms with Crippen LogP contribution in [-0.2, 0) is 11.3 Å². The number of anilines is 1. The molecule has 0 unspecified atom stereocenters. The summed E-state index contributed by atoms with van der Waals surface area (Å²) in [5, 5.41) is 6.71. The Morgan fingerprint density at radius 2 is 2.00 bits per heavy atom. The van der Waals surface area contributed by atoms with Crippen molar-refractivity contribution in [2.75, 3.05) is 18.9 Å². The summed E-state index contributed by atoms with van der Waals surface area (Å²) in [4.78, 5) is 29.7. The largest absolute Gasteiger partial charge is 0.338 e. The Bertz CT molecular complexity index is 1020. The van der Waals surface area contributed by atoms with Crippen LogP contribution in [0.1, 0.15) is 5.89 Å². The number of hydrogen-bond acceptors (Lipinski definition) is 7. The second-order valence-corrected chi connectivity index (χ2v) is 6.07. The molecule has 9 heteroatoms. The van der Waals surface area contributed by atoms with Gasteiger partial charge in [0.25, 0.3) is 0 Å². The molecule has 136 valence electrons. The molecule has 1 aromatic carbocycles. The Balaban J connectivity index is 1.34. The van der Waals surface area contributed by atoms with E-state index in [0.29, 0.717) is 24.2 Å². The van der Waals surface area contributed by atoms with E-state index in [1.165, 1.54) is 0 Å². The van der Waals surface area contributed by atoms with Gasteiger partial charge in [0.2, 0.25) is 23.6 Å². The molecule has 0 spiro atoms. The lowest BCUT2D eigenvalue weighted by molar-refractivity contribution is -0.117. The first-order valence-electron chi connectivity index (χ1n) is 8.33. The highest BCUT2D eigenvalue weighted by atomic mass is 16.5. The molecule has 3 aromatic heterocycles. The Labute approximate surface area is 154 Å². The van der Waals surface area contributed by atoms with Crippen LogP contribution in [0.15, 0.2) is 53.3 Å². The first kappa shape index (κ1) is 16.9. The van der Waals surface area contributed by atoms with Crippen LogP contribution in [0.2, 0.25) is 0 Å². The van der Waals surface area contributed by atoms with E-state index in [9.17, 15) is 4.79 Å². The van der Waals surface area contributed by atoms with E-state index in [4.69, 9.17) is 4.52 Å². The van der Waals surface area contributed by atoms with E-state index in [1.54, 1.807) is 36.5 Å². The Morgan fingerprint density at radius 1 is 1.19 bits per heavy atom. The van der Waals surface area contributed by atoms with Gasteiger partial charge in [-0.25, -0.2) is 4.98 Å². The fourth-order valence-electron chi connectivity index (χ4n) is 2.65. The number of fused-ring (bicyclic) bond motifs is 1. The van der Waals surface area contributed by atoms with Crippen molar-refractivity contribution in [3.8, 4) is 11.4 Å². The van der Waals surface area contributed by atoms with Gasteiger partial charge in [0.1, 0.15) is 0 Å². The quantitative estimate of drug-likeness (QED) is 0.539. The summed E-state index contributed by atoms with van der Waals surface area (Å²) in [7, 11) is 1.80. The second-order valence-electron chi connectivity index (χ2n) is 6.07. The second kappa shape index (κ2) is 7.34. The van der Waals surface area contributed by atoms with Crippen molar-refractivity contribution >= 4 is 22.9 Å². The molecule has 0 saturated heterocycles. The monoisotopic (exact) mass is 363 g/mol. The molecule has 9 nitrogen and oxygen atoms in total. The zero-order valence-electron chi connectivity index (χ0n) is 14.6. The Hall–Kier alpha value is -3.59. The molecule has 0 fully saturated rings. The SMILES string of the molecule is CN(CC(=O)Nc1nc2ccccc2[nH]1)Cc1nc(-c2ccncc2)no1. The highest BCUT2D eigenvalue weighted by Gasteiger charge is 2.14. The predicted octanol–water partition coefficient (Wildman–Crippen LogP) is 2.08. The van der Waals surface area contributed by atoms with E-state index >= 15 is 0 Å². The third-order valence-corrected chi connectivity index (χ3v) is 3.87. The maximum absolute atomic E-state index is 12.2. The third kappa shape index (κ3) is 3.98. The van der Waals surface area contributed by atoms with Gasteiger partial charge in [-0.3, -0.25) is 20.0 Å². The van der Waals surface area contributed by atoms with Gasteiger partial charge in [-0.1, -0.05) is 17.3 Å². The summed E-state index contributed by atoms with van der Waals surface area (Å²) in [5.41, 5.74) is 2.50. The van der Waals surface area contributed by atoms with Gasteiger partial charge in [0.15, 0.2) is 0 Å². The standard InChI is InChI=1S/C18H17N7O2/c1-25(11-16-23-17(24-27-16)12-6-8-19-9-7-12)10-15(26)22-18-20-13-4-2-3-5-14(13)21-18/h2-9H,10-11H2,1H3,(H2,20,21,22,26). The zero-order chi connectivity index (χ0) is 18.6. The van der Waals surface area contributed by atoms with Crippen LogP contribution in [0.5, 0.6) is 0 Å². The van der Waals surface area contributed by atoms with Crippen LogP contribution in [0.4, 0.5) is 5.95 Å². The van der Waals surface area contributed by atoms with Gasteiger partial charge < -0.3 is 9.51 Å². The van der Waals surface area contributed by atoms with Crippen molar-refractivity contribution in [3.05, 3.63) is 54.7 Å². The maximum Gasteiger partial charge on any atom is 0.241 e. The summed E-state index contributed by atoms with van der Waals surface area (Å²) in [6, 6.07) is 11.2. The normalized spacial score (nSPS) is 11.2. The van der Waals surface area contributed by atoms with Gasteiger partial charge in [-0.15, -0.1) is 0 Å². The van der Waals surface area contributed by atoms with Crippen molar-refractivity contribution in [2.24, 2.45) is 0 Å². The fourth-order valence-corrected chi connectivity index (χ4v) is 2.65. The molecule has 0 saturated carbocycles. The molecular weight excluding hydrogens is 346 g/mol. The first-order valence-corrected chi connectivity index (χ1v) is 8.33. The molecule has 3 heterocycles. The third-order valence-electron chi connectivity index (χ3n) is 3.87. The topological polar surface area (TPSA) is 113 Å². The number of amides is 1. The number of carbonyl (C=O) groups is 1. The number of likely N-dealkylation sites (N-methyl/N-ethyl adjacent to an activating group) is 1. The van der Waals surface area contributed by atoms with Crippen LogP contribution < -0.4 is 5.32 Å². The van der Waals surface area contributed by atoms with Gasteiger partial charge in [-0.05, 0) is 31.3 Å². The molecule has 0 aliphatic rings. The van der Waals surface area contributed by atoms with E-state index in [-0.39, 0.29) is 12.5 Å². The number of para-hydroxylation sites is 2. The van der Waals surface area contributed by atoms with Crippen molar-refractivity contribution in [1.29, 1.82) is 0 Å². The van der Waals surface area contributed by atoms with Gasteiger partial charge >= 0.3 is 0 Å². The number of rotatable bonds is 6. The lowest BCUT2D eigenvalue weighted by Gasteiger charge is -2.12. The van der Waals surface area contributed by atoms with Crippen molar-refractivity contribution in [1.82, 2.24) is 30.0 Å². The van der Waals surface area contributed by atoms with Crippen LogP contribution in [-0.4, -0.2) is 49.5 Å². The van der Waals surface area contributed by atoms with Crippen molar-refractivity contribution < 1.29 is 9.32 Å². The lowest BCUT2D eigenvalue weighted by atomic mass is 10.2. The molecular formula is C18H17N7O2. The number of nitrogens with one attached hydrogen (secondary N) is 2. The lowest BCUT2D eigenvalue weighted by Crippen LogP contribution is -2.30. The maximum atomic E-state index is 12.2. The average Bonchev–Trinajstić information content (AvgIpc) is 3.28. The Morgan fingerprint density at radius 3 is 2.81 bits per heavy atom. The van der Waals surface area contributed by atoms with Gasteiger partial charge in [0, 0.05) is 18.0 Å². The number of H-pyrrole nitrogens is 1. The summed E-state index contributed by atoms with van der Waals surface area (Å²) in [6.45, 7) is 0.510. The van der Waals surface area contributed by atoms with E-state index in [0.717, 1.165) is 16.6 Å². The zero-order valence-corrected chi connectivity index (χ0v) is 14.6. The molecule has 4 aromatic rings. The molecule has 0 aliphatic heterocycles. The summed E-state index contributed by atoms with van der Waals surface area (Å²) in [6.07, 6.45) is 3.33. The number of benzene rings is 1. The molecule has 27 heavy (non-hydrogen) atoms. The highest BCUT2D eigenvalue weighted by Crippen LogP contribution is 2.15. The molecule has 2 N–H and O–H groups in total. The smallest absolute Gasteiger partial charge is 0.241 e. The predicted molar refractivity (Wildman–Crippen MR) is 98.6 cm³/mol. The van der Waals surface area contributed by atoms with Crippen LogP contribution in [0, 0.1) is 0 Å². The minimum Gasteiger partial charge on any atom is -0.338 e. The molecule has 0 radical (unpaired) electrons. The molecule has 0 bridgehead atoms. The molecule has 4 rings (SSSR count). The number of aromatic amines is 1. The number of aromatic nitrogens is 5. The Kier molecular flexibility index (Phi) is 4.58. The fraction of sp³-hybridized carbons (Fsp3) is 0.167. The van der Waals surface area contributed by atoms with Gasteiger partial charge in [0.05, 0.1) is 24.1 Å². The van der Waals surface area contributed by atoms with E-state index < -0.39 is 0 Å². The molecule has 0 atom stereocenters. The van der Waals surface area contributed by atoms with E-state index in [2.05, 4.69) is 30.4 Å².